The van der Waals surface area contributed by atoms with E-state index < -0.39 is 84.6 Å². The Morgan fingerprint density at radius 3 is 1.39 bits per heavy atom. The van der Waals surface area contributed by atoms with Crippen LogP contribution in [0.25, 0.3) is 0 Å². The number of carbonyl (C=O) groups is 2. The molecule has 0 aromatic rings. The van der Waals surface area contributed by atoms with E-state index in [-0.39, 0.29) is 16.4 Å². The molecule has 38 heavy (non-hydrogen) atoms. The van der Waals surface area contributed by atoms with Crippen LogP contribution in [0.3, 0.4) is 0 Å². The number of hydrogen-bond donors (Lipinski definition) is 1. The zero-order valence-corrected chi connectivity index (χ0v) is 18.6. The highest BCUT2D eigenvalue weighted by atomic mass is 32.2. The van der Waals surface area contributed by atoms with E-state index in [0.717, 1.165) is 0 Å². The van der Waals surface area contributed by atoms with Gasteiger partial charge < -0.3 is 9.94 Å². The molecule has 0 bridgehead atoms. The van der Waals surface area contributed by atoms with Crippen molar-refractivity contribution in [3.63, 3.8) is 0 Å². The van der Waals surface area contributed by atoms with Crippen LogP contribution in [0.1, 0.15) is 19.3 Å². The highest BCUT2D eigenvalue weighted by Crippen LogP contribution is 2.64. The summed E-state index contributed by atoms with van der Waals surface area (Å²) in [5.74, 6) is -61.3. The first-order valence-corrected chi connectivity index (χ1v) is 9.90. The van der Waals surface area contributed by atoms with Crippen LogP contribution < -0.4 is 0 Å². The molecule has 0 aliphatic rings. The Balaban J connectivity index is 5.91. The van der Waals surface area contributed by atoms with E-state index in [4.69, 9.17) is 5.11 Å². The number of rotatable bonds is 14. The third-order valence-electron chi connectivity index (χ3n) is 4.25. The van der Waals surface area contributed by atoms with Crippen molar-refractivity contribution < 1.29 is 94.2 Å². The fourth-order valence-electron chi connectivity index (χ4n) is 2.08. The Kier molecular flexibility index (Phi) is 10.4. The van der Waals surface area contributed by atoms with E-state index in [1.54, 1.807) is 0 Å². The van der Waals surface area contributed by atoms with Gasteiger partial charge in [-0.25, -0.2) is 0 Å². The molecule has 0 amide bonds. The van der Waals surface area contributed by atoms with Crippen molar-refractivity contribution in [3.8, 4) is 0 Å². The lowest BCUT2D eigenvalue weighted by Gasteiger charge is -2.42. The van der Waals surface area contributed by atoms with Crippen LogP contribution in [0.4, 0.5) is 74.6 Å². The molecule has 0 aliphatic carbocycles. The average Bonchev–Trinajstić information content (AvgIpc) is 2.70. The van der Waals surface area contributed by atoms with E-state index in [0.29, 0.717) is 7.05 Å². The van der Waals surface area contributed by atoms with Crippen molar-refractivity contribution in [2.24, 2.45) is 0 Å². The molecule has 0 aromatic heterocycles. The van der Waals surface area contributed by atoms with Gasteiger partial charge in [-0.1, -0.05) is 4.47 Å². The van der Waals surface area contributed by atoms with Crippen LogP contribution in [0.5, 0.6) is 0 Å². The van der Waals surface area contributed by atoms with Gasteiger partial charge in [-0.15, -0.1) is 0 Å². The Hall–Kier alpha value is -1.94. The maximum Gasteiger partial charge on any atom is 0.460 e. The molecule has 0 radical (unpaired) electrons. The van der Waals surface area contributed by atoms with Crippen molar-refractivity contribution in [1.29, 1.82) is 0 Å². The smallest absolute Gasteiger partial charge is 0.460 e. The molecule has 0 aromatic carbocycles. The zero-order valence-electron chi connectivity index (χ0n) is 17.8. The van der Waals surface area contributed by atoms with Gasteiger partial charge in [0.25, 0.3) is 0 Å². The molecule has 226 valence electrons. The second-order valence-electron chi connectivity index (χ2n) is 7.03. The fraction of sp³-hybridized carbons (Fsp3) is 0.867. The number of carboxylic acid groups (broad SMARTS) is 1. The fourth-order valence-corrected chi connectivity index (χ4v) is 2.82. The molecule has 1 N–H and O–H groups in total. The molecule has 5 nitrogen and oxygen atoms in total. The first-order chi connectivity index (χ1) is 16.5. The van der Waals surface area contributed by atoms with E-state index in [2.05, 4.69) is 4.84 Å². The summed E-state index contributed by atoms with van der Waals surface area (Å²) in [5, 5.41) is 8.33. The van der Waals surface area contributed by atoms with Crippen molar-refractivity contribution in [2.45, 2.75) is 66.9 Å². The monoisotopic (exact) mass is 625 g/mol. The van der Waals surface area contributed by atoms with Gasteiger partial charge >= 0.3 is 59.6 Å². The van der Waals surface area contributed by atoms with Gasteiger partial charge in [0.15, 0.2) is 0 Å². The summed E-state index contributed by atoms with van der Waals surface area (Å²) >= 11 is -0.279. The molecule has 0 spiro atoms. The van der Waals surface area contributed by atoms with Crippen LogP contribution in [-0.4, -0.2) is 81.9 Å². The van der Waals surface area contributed by atoms with Crippen LogP contribution in [0, 0.1) is 0 Å². The van der Waals surface area contributed by atoms with E-state index >= 15 is 0 Å². The summed E-state index contributed by atoms with van der Waals surface area (Å²) in [7, 11) is 0.659. The van der Waals surface area contributed by atoms with E-state index in [1.165, 1.54) is 0 Å². The molecular weight excluding hydrogens is 613 g/mol. The highest BCUT2D eigenvalue weighted by molar-refractivity contribution is 7.96. The number of carbonyl (C=O) groups excluding carboxylic acids is 1. The van der Waals surface area contributed by atoms with Gasteiger partial charge in [0.2, 0.25) is 0 Å². The van der Waals surface area contributed by atoms with Crippen molar-refractivity contribution >= 4 is 23.9 Å². The van der Waals surface area contributed by atoms with Crippen molar-refractivity contribution in [3.05, 3.63) is 0 Å². The number of alkyl halides is 17. The lowest BCUT2D eigenvalue weighted by molar-refractivity contribution is -0.461. The van der Waals surface area contributed by atoms with Crippen molar-refractivity contribution in [1.82, 2.24) is 4.47 Å². The SMILES string of the molecule is CN(OC(=O)CCC(=O)O)SCCC(F)(F)C(F)(F)C(F)(F)C(F)(F)C(F)(F)C(F)(F)C(F)(F)C(F)(F)F. The molecule has 23 heteroatoms. The first-order valence-electron chi connectivity index (χ1n) is 8.96. The second-order valence-corrected chi connectivity index (χ2v) is 8.21. The minimum absolute atomic E-state index is 0.138. The topological polar surface area (TPSA) is 66.8 Å². The zero-order chi connectivity index (χ0) is 31.0. The first kappa shape index (κ1) is 36.1. The van der Waals surface area contributed by atoms with Gasteiger partial charge in [0.05, 0.1) is 12.8 Å². The molecule has 0 saturated heterocycles. The summed E-state index contributed by atoms with van der Waals surface area (Å²) in [5.41, 5.74) is 0. The van der Waals surface area contributed by atoms with Gasteiger partial charge in [-0.05, 0) is 11.9 Å². The minimum atomic E-state index is -8.69. The van der Waals surface area contributed by atoms with Crippen LogP contribution >= 0.6 is 11.9 Å². The number of aliphatic carboxylic acids is 1. The van der Waals surface area contributed by atoms with E-state index in [9.17, 15) is 84.2 Å². The molecule has 0 unspecified atom stereocenters. The number of hydrogen-bond acceptors (Lipinski definition) is 5. The standard InChI is InChI=1S/C15H12F17NO4S/c1-33(37-7(36)3-2-6(34)35)38-5-4-8(16,17)9(18,19)10(20,21)11(22,23)12(24,25)13(26,27)14(28,29)15(30,31)32/h2-5H2,1H3,(H,34,35). The second kappa shape index (κ2) is 10.9. The van der Waals surface area contributed by atoms with Crippen LogP contribution in [0.2, 0.25) is 0 Å². The van der Waals surface area contributed by atoms with Crippen LogP contribution in [-0.2, 0) is 14.4 Å². The van der Waals surface area contributed by atoms with Crippen molar-refractivity contribution in [2.75, 3.05) is 12.8 Å². The van der Waals surface area contributed by atoms with Gasteiger partial charge in [0, 0.05) is 19.2 Å². The van der Waals surface area contributed by atoms with Gasteiger partial charge in [-0.2, -0.15) is 74.6 Å². The third-order valence-corrected chi connectivity index (χ3v) is 5.07. The summed E-state index contributed by atoms with van der Waals surface area (Å²) in [6, 6.07) is 0. The maximum absolute atomic E-state index is 13.7. The minimum Gasteiger partial charge on any atom is -0.481 e. The molecule has 0 rings (SSSR count). The van der Waals surface area contributed by atoms with Gasteiger partial charge in [0.1, 0.15) is 0 Å². The summed E-state index contributed by atoms with van der Waals surface area (Å²) in [6.45, 7) is 0. The Bertz CT molecular complexity index is 861. The van der Waals surface area contributed by atoms with Crippen LogP contribution in [0.15, 0.2) is 0 Å². The lowest BCUT2D eigenvalue weighted by atomic mass is 9.88. The molecule has 0 aliphatic heterocycles. The molecule has 0 saturated carbocycles. The van der Waals surface area contributed by atoms with E-state index in [1.807, 2.05) is 0 Å². The normalized spacial score (nSPS) is 15.1. The largest absolute Gasteiger partial charge is 0.481 e. The Morgan fingerprint density at radius 2 is 1.03 bits per heavy atom. The molecular formula is C15H12F17NO4S. The number of nitrogens with zero attached hydrogens (tertiary/aromatic N) is 1. The number of hydroxylamine groups is 1. The predicted molar refractivity (Wildman–Crippen MR) is 88.5 cm³/mol. The highest BCUT2D eigenvalue weighted by Gasteiger charge is 2.95. The summed E-state index contributed by atoms with van der Waals surface area (Å²) < 4.78 is 224. The summed E-state index contributed by atoms with van der Waals surface area (Å²) in [6.07, 6.45) is -12.2. The third kappa shape index (κ3) is 6.27. The lowest BCUT2D eigenvalue weighted by Crippen LogP contribution is -2.74. The molecule has 0 atom stereocenters. The predicted octanol–water partition coefficient (Wildman–Crippen LogP) is 6.29. The Morgan fingerprint density at radius 1 is 0.658 bits per heavy atom. The average molecular weight is 625 g/mol. The Labute approximate surface area is 203 Å². The maximum atomic E-state index is 13.7. The molecule has 0 heterocycles. The number of halogens is 17. The quantitative estimate of drug-likeness (QED) is 0.139. The summed E-state index contributed by atoms with van der Waals surface area (Å²) in [4.78, 5) is 25.6. The van der Waals surface area contributed by atoms with Gasteiger partial charge in [-0.3, -0.25) is 9.59 Å². The molecule has 0 fully saturated rings. The number of carboxylic acids is 1.